The average Bonchev–Trinajstić information content (AvgIpc) is 3.52. The number of aromatic nitrogens is 2. The van der Waals surface area contributed by atoms with E-state index in [0.717, 1.165) is 11.2 Å². The highest BCUT2D eigenvalue weighted by Gasteiger charge is 2.22. The molecular formula is C37H22N2. The van der Waals surface area contributed by atoms with Gasteiger partial charge in [0.05, 0.1) is 17.2 Å². The summed E-state index contributed by atoms with van der Waals surface area (Å²) in [4.78, 5) is 4.52. The normalized spacial score (nSPS) is 12.1. The SMILES string of the molecule is c1cc(-c2ccc3c4c(cccc24)-c2ccccc2-3)cc(-n2c3cnccc3c3ccc4ccccc4c32)c1. The minimum absolute atomic E-state index is 1.12. The van der Waals surface area contributed by atoms with Crippen molar-refractivity contribution >= 4 is 43.4 Å². The molecule has 1 aliphatic carbocycles. The molecule has 8 aromatic rings. The molecule has 6 aromatic carbocycles. The molecule has 2 heteroatoms. The first-order valence-corrected chi connectivity index (χ1v) is 13.4. The Kier molecular flexibility index (Phi) is 4.08. The van der Waals surface area contributed by atoms with Crippen molar-refractivity contribution in [2.75, 3.05) is 0 Å². The standard InChI is InChI=1S/C37H22N2/c1-2-10-27-23(7-1)15-16-34-30-19-20-38-22-35(30)39(37(27)34)25-9-5-8-24(21-25)26-17-18-33-29-12-4-3-11-28(29)32-14-6-13-31(26)36(32)33/h1-22H. The summed E-state index contributed by atoms with van der Waals surface area (Å²) in [7, 11) is 0. The Balaban J connectivity index is 1.33. The molecule has 2 nitrogen and oxygen atoms in total. The summed E-state index contributed by atoms with van der Waals surface area (Å²) in [6.45, 7) is 0. The first-order chi connectivity index (χ1) is 19.4. The summed E-state index contributed by atoms with van der Waals surface area (Å²) in [6.07, 6.45) is 3.88. The third-order valence-electron chi connectivity index (χ3n) is 8.42. The molecule has 0 amide bonds. The quantitative estimate of drug-likeness (QED) is 0.234. The molecular weight excluding hydrogens is 472 g/mol. The molecule has 0 aliphatic heterocycles. The lowest BCUT2D eigenvalue weighted by atomic mass is 9.94. The highest BCUT2D eigenvalue weighted by Crippen LogP contribution is 2.49. The van der Waals surface area contributed by atoms with E-state index in [-0.39, 0.29) is 0 Å². The Morgan fingerprint density at radius 1 is 0.487 bits per heavy atom. The van der Waals surface area contributed by atoms with E-state index >= 15 is 0 Å². The van der Waals surface area contributed by atoms with Crippen molar-refractivity contribution in [1.29, 1.82) is 0 Å². The van der Waals surface area contributed by atoms with Crippen molar-refractivity contribution < 1.29 is 0 Å². The van der Waals surface area contributed by atoms with Crippen LogP contribution in [0.2, 0.25) is 0 Å². The predicted octanol–water partition coefficient (Wildman–Crippen LogP) is 9.80. The van der Waals surface area contributed by atoms with Crippen LogP contribution in [0.5, 0.6) is 0 Å². The monoisotopic (exact) mass is 494 g/mol. The molecule has 0 fully saturated rings. The van der Waals surface area contributed by atoms with Crippen LogP contribution in [0.4, 0.5) is 0 Å². The molecule has 0 bridgehead atoms. The molecule has 0 radical (unpaired) electrons. The topological polar surface area (TPSA) is 17.8 Å². The Bertz CT molecular complexity index is 2260. The second-order valence-corrected chi connectivity index (χ2v) is 10.4. The predicted molar refractivity (Wildman–Crippen MR) is 163 cm³/mol. The Morgan fingerprint density at radius 3 is 2.15 bits per heavy atom. The lowest BCUT2D eigenvalue weighted by Gasteiger charge is -2.13. The Morgan fingerprint density at radius 2 is 1.23 bits per heavy atom. The molecule has 180 valence electrons. The molecule has 0 N–H and O–H groups in total. The van der Waals surface area contributed by atoms with Crippen molar-refractivity contribution in [3.05, 3.63) is 134 Å². The van der Waals surface area contributed by atoms with Crippen molar-refractivity contribution in [2.45, 2.75) is 0 Å². The van der Waals surface area contributed by atoms with Gasteiger partial charge in [-0.25, -0.2) is 0 Å². The van der Waals surface area contributed by atoms with Crippen LogP contribution in [0.15, 0.2) is 134 Å². The number of hydrogen-bond acceptors (Lipinski definition) is 1. The van der Waals surface area contributed by atoms with Crippen LogP contribution in [0, 0.1) is 0 Å². The highest BCUT2D eigenvalue weighted by molar-refractivity contribution is 6.20. The molecule has 0 saturated carbocycles. The van der Waals surface area contributed by atoms with E-state index in [0.29, 0.717) is 0 Å². The molecule has 0 saturated heterocycles. The minimum atomic E-state index is 1.12. The summed E-state index contributed by atoms with van der Waals surface area (Å²) in [5, 5.41) is 7.62. The van der Waals surface area contributed by atoms with E-state index in [1.54, 1.807) is 0 Å². The second-order valence-electron chi connectivity index (χ2n) is 10.4. The van der Waals surface area contributed by atoms with Crippen LogP contribution in [-0.4, -0.2) is 9.55 Å². The highest BCUT2D eigenvalue weighted by atomic mass is 15.0. The summed E-state index contributed by atoms with van der Waals surface area (Å²) in [5.41, 5.74) is 11.3. The lowest BCUT2D eigenvalue weighted by molar-refractivity contribution is 1.17. The van der Waals surface area contributed by atoms with Gasteiger partial charge in [-0.2, -0.15) is 0 Å². The van der Waals surface area contributed by atoms with E-state index in [1.165, 1.54) is 71.2 Å². The van der Waals surface area contributed by atoms with E-state index < -0.39 is 0 Å². The van der Waals surface area contributed by atoms with Gasteiger partial charge in [0.15, 0.2) is 0 Å². The number of pyridine rings is 1. The largest absolute Gasteiger partial charge is 0.307 e. The van der Waals surface area contributed by atoms with Crippen LogP contribution in [0.25, 0.3) is 82.4 Å². The fourth-order valence-electron chi connectivity index (χ4n) is 6.77. The molecule has 0 unspecified atom stereocenters. The fourth-order valence-corrected chi connectivity index (χ4v) is 6.77. The summed E-state index contributed by atoms with van der Waals surface area (Å²) >= 11 is 0. The number of benzene rings is 6. The van der Waals surface area contributed by atoms with Gasteiger partial charge in [-0.05, 0) is 67.7 Å². The van der Waals surface area contributed by atoms with Crippen molar-refractivity contribution in [3.8, 4) is 39.1 Å². The second kappa shape index (κ2) is 7.66. The molecule has 1 aliphatic rings. The molecule has 0 atom stereocenters. The molecule has 2 aromatic heterocycles. The Hall–Kier alpha value is -5.21. The van der Waals surface area contributed by atoms with Gasteiger partial charge < -0.3 is 4.57 Å². The first-order valence-electron chi connectivity index (χ1n) is 13.4. The molecule has 2 heterocycles. The smallest absolute Gasteiger partial charge is 0.0724 e. The van der Waals surface area contributed by atoms with Gasteiger partial charge in [0.1, 0.15) is 0 Å². The minimum Gasteiger partial charge on any atom is -0.307 e. The lowest BCUT2D eigenvalue weighted by Crippen LogP contribution is -1.95. The van der Waals surface area contributed by atoms with E-state index in [4.69, 9.17) is 0 Å². The zero-order valence-corrected chi connectivity index (χ0v) is 21.1. The van der Waals surface area contributed by atoms with Gasteiger partial charge in [-0.15, -0.1) is 0 Å². The number of hydrogen-bond donors (Lipinski definition) is 0. The maximum atomic E-state index is 4.52. The van der Waals surface area contributed by atoms with Crippen molar-refractivity contribution in [2.24, 2.45) is 0 Å². The van der Waals surface area contributed by atoms with Gasteiger partial charge >= 0.3 is 0 Å². The van der Waals surface area contributed by atoms with Crippen LogP contribution in [0.1, 0.15) is 0 Å². The third-order valence-corrected chi connectivity index (χ3v) is 8.42. The van der Waals surface area contributed by atoms with Gasteiger partial charge in [-0.1, -0.05) is 103 Å². The molecule has 9 rings (SSSR count). The number of rotatable bonds is 2. The van der Waals surface area contributed by atoms with Crippen LogP contribution < -0.4 is 0 Å². The summed E-state index contributed by atoms with van der Waals surface area (Å²) in [6, 6.07) is 44.3. The van der Waals surface area contributed by atoms with Crippen molar-refractivity contribution in [3.63, 3.8) is 0 Å². The number of nitrogens with zero attached hydrogens (tertiary/aromatic N) is 2. The van der Waals surface area contributed by atoms with Gasteiger partial charge in [0.25, 0.3) is 0 Å². The van der Waals surface area contributed by atoms with Crippen molar-refractivity contribution in [1.82, 2.24) is 9.55 Å². The number of fused-ring (bicyclic) bond motifs is 8. The maximum absolute atomic E-state index is 4.52. The Labute approximate surface area is 225 Å². The zero-order chi connectivity index (χ0) is 25.5. The van der Waals surface area contributed by atoms with E-state index in [2.05, 4.69) is 131 Å². The van der Waals surface area contributed by atoms with Crippen LogP contribution >= 0.6 is 0 Å². The fraction of sp³-hybridized carbons (Fsp3) is 0. The average molecular weight is 495 g/mol. The van der Waals surface area contributed by atoms with Crippen LogP contribution in [-0.2, 0) is 0 Å². The molecule has 0 spiro atoms. The zero-order valence-electron chi connectivity index (χ0n) is 21.1. The first kappa shape index (κ1) is 20.8. The van der Waals surface area contributed by atoms with Gasteiger partial charge in [0, 0.05) is 28.0 Å². The van der Waals surface area contributed by atoms with E-state index in [9.17, 15) is 0 Å². The third kappa shape index (κ3) is 2.78. The van der Waals surface area contributed by atoms with Gasteiger partial charge in [0.2, 0.25) is 0 Å². The summed E-state index contributed by atoms with van der Waals surface area (Å²) in [5.74, 6) is 0. The molecule has 39 heavy (non-hydrogen) atoms. The van der Waals surface area contributed by atoms with Crippen LogP contribution in [0.3, 0.4) is 0 Å². The maximum Gasteiger partial charge on any atom is 0.0724 e. The summed E-state index contributed by atoms with van der Waals surface area (Å²) < 4.78 is 2.39. The van der Waals surface area contributed by atoms with Gasteiger partial charge in [-0.3, -0.25) is 4.98 Å². The van der Waals surface area contributed by atoms with E-state index in [1.807, 2.05) is 12.4 Å².